The summed E-state index contributed by atoms with van der Waals surface area (Å²) in [4.78, 5) is 14.6. The van der Waals surface area contributed by atoms with E-state index in [0.29, 0.717) is 28.7 Å². The smallest absolute Gasteiger partial charge is 0.149 e. The van der Waals surface area contributed by atoms with E-state index in [9.17, 15) is 4.79 Å². The van der Waals surface area contributed by atoms with E-state index in [2.05, 4.69) is 30.5 Å². The number of hydrogen-bond acceptors (Lipinski definition) is 3. The van der Waals surface area contributed by atoms with Crippen LogP contribution in [0.25, 0.3) is 0 Å². The van der Waals surface area contributed by atoms with Crippen molar-refractivity contribution in [3.8, 4) is 0 Å². The average molecular weight is 255 g/mol. The van der Waals surface area contributed by atoms with E-state index in [1.807, 2.05) is 0 Å². The van der Waals surface area contributed by atoms with Gasteiger partial charge in [-0.25, -0.2) is 0 Å². The molecular formula is C14H25NOS. The maximum absolute atomic E-state index is 12.2. The first-order chi connectivity index (χ1) is 8.15. The normalized spacial score (nSPS) is 32.6. The van der Waals surface area contributed by atoms with Crippen LogP contribution in [0.2, 0.25) is 0 Å². The minimum atomic E-state index is 0.379. The number of carbonyl (C=O) groups excluding carboxylic acids is 1. The Kier molecular flexibility index (Phi) is 4.92. The molecule has 0 radical (unpaired) electrons. The largest absolute Gasteiger partial charge is 0.298 e. The number of hydrogen-bond donors (Lipinski definition) is 0. The summed E-state index contributed by atoms with van der Waals surface area (Å²) in [6.07, 6.45) is 6.15. The Balaban J connectivity index is 1.80. The van der Waals surface area contributed by atoms with Crippen molar-refractivity contribution in [2.75, 3.05) is 19.6 Å². The molecule has 0 aromatic heterocycles. The number of Topliss-reactive ketones (excluding diaryl/α,β-unsaturated/α-hetero) is 1. The Morgan fingerprint density at radius 1 is 1.12 bits per heavy atom. The molecule has 98 valence electrons. The van der Waals surface area contributed by atoms with Crippen LogP contribution >= 0.6 is 11.8 Å². The minimum Gasteiger partial charge on any atom is -0.298 e. The number of carbonyl (C=O) groups is 1. The summed E-state index contributed by atoms with van der Waals surface area (Å²) in [6.45, 7) is 7.44. The molecule has 2 unspecified atom stereocenters. The van der Waals surface area contributed by atoms with Gasteiger partial charge in [0.2, 0.25) is 0 Å². The molecule has 2 nitrogen and oxygen atoms in total. The van der Waals surface area contributed by atoms with Gasteiger partial charge in [0.05, 0.1) is 6.54 Å². The molecule has 0 aromatic carbocycles. The molecule has 0 N–H and O–H groups in total. The zero-order chi connectivity index (χ0) is 12.3. The lowest BCUT2D eigenvalue weighted by Gasteiger charge is -2.35. The summed E-state index contributed by atoms with van der Waals surface area (Å²) in [7, 11) is 0. The fraction of sp³-hybridized carbons (Fsp3) is 0.929. The van der Waals surface area contributed by atoms with E-state index >= 15 is 0 Å². The zero-order valence-electron chi connectivity index (χ0n) is 11.2. The van der Waals surface area contributed by atoms with E-state index in [0.717, 1.165) is 25.9 Å². The predicted octanol–water partition coefficient (Wildman–Crippen LogP) is 2.96. The first-order valence-corrected chi connectivity index (χ1v) is 8.00. The van der Waals surface area contributed by atoms with Gasteiger partial charge in [-0.2, -0.15) is 11.8 Å². The zero-order valence-corrected chi connectivity index (χ0v) is 12.0. The van der Waals surface area contributed by atoms with Gasteiger partial charge >= 0.3 is 0 Å². The van der Waals surface area contributed by atoms with Crippen LogP contribution in [0.15, 0.2) is 0 Å². The summed E-state index contributed by atoms with van der Waals surface area (Å²) >= 11 is 2.05. The highest BCUT2D eigenvalue weighted by atomic mass is 32.2. The number of thioether (sulfide) groups is 1. The molecule has 2 rings (SSSR count). The highest BCUT2D eigenvalue weighted by Gasteiger charge is 2.27. The maximum Gasteiger partial charge on any atom is 0.149 e. The second kappa shape index (κ2) is 6.24. The lowest BCUT2D eigenvalue weighted by Crippen LogP contribution is -2.44. The van der Waals surface area contributed by atoms with Crippen molar-refractivity contribution in [2.45, 2.75) is 56.5 Å². The number of nitrogens with zero attached hydrogens (tertiary/aromatic N) is 1. The molecule has 1 saturated heterocycles. The Labute approximate surface area is 110 Å². The lowest BCUT2D eigenvalue weighted by molar-refractivity contribution is -0.125. The molecule has 1 heterocycles. The molecule has 17 heavy (non-hydrogen) atoms. The molecule has 1 aliphatic carbocycles. The van der Waals surface area contributed by atoms with E-state index < -0.39 is 0 Å². The van der Waals surface area contributed by atoms with Gasteiger partial charge in [-0.05, 0) is 12.8 Å². The third-order valence-electron chi connectivity index (χ3n) is 3.94. The summed E-state index contributed by atoms with van der Waals surface area (Å²) < 4.78 is 0. The second-order valence-corrected chi connectivity index (χ2v) is 7.63. The van der Waals surface area contributed by atoms with Crippen molar-refractivity contribution in [2.24, 2.45) is 5.92 Å². The summed E-state index contributed by atoms with van der Waals surface area (Å²) in [6, 6.07) is 0. The molecule has 1 aliphatic heterocycles. The van der Waals surface area contributed by atoms with Gasteiger partial charge in [0.25, 0.3) is 0 Å². The fourth-order valence-electron chi connectivity index (χ4n) is 3.19. The van der Waals surface area contributed by atoms with Gasteiger partial charge in [0, 0.05) is 29.5 Å². The highest BCUT2D eigenvalue weighted by Crippen LogP contribution is 2.27. The average Bonchev–Trinajstić information content (AvgIpc) is 2.28. The highest BCUT2D eigenvalue weighted by molar-refractivity contribution is 8.00. The van der Waals surface area contributed by atoms with Crippen LogP contribution in [-0.4, -0.2) is 40.8 Å². The van der Waals surface area contributed by atoms with E-state index in [1.165, 1.54) is 19.3 Å². The standard InChI is InChI=1S/C14H25NOS/c1-11-8-15(9-12(2)17-11)10-14(16)13-6-4-3-5-7-13/h11-13H,3-10H2,1-2H3. The predicted molar refractivity (Wildman–Crippen MR) is 74.5 cm³/mol. The summed E-state index contributed by atoms with van der Waals surface area (Å²) in [5, 5.41) is 1.36. The SMILES string of the molecule is CC1CN(CC(=O)C2CCCCC2)CC(C)S1. The molecule has 1 saturated carbocycles. The van der Waals surface area contributed by atoms with Gasteiger partial charge in [-0.3, -0.25) is 9.69 Å². The van der Waals surface area contributed by atoms with Crippen LogP contribution < -0.4 is 0 Å². The lowest BCUT2D eigenvalue weighted by atomic mass is 9.86. The Bertz CT molecular complexity index is 253. The molecular weight excluding hydrogens is 230 g/mol. The van der Waals surface area contributed by atoms with Gasteiger partial charge < -0.3 is 0 Å². The van der Waals surface area contributed by atoms with Crippen LogP contribution in [0.5, 0.6) is 0 Å². The van der Waals surface area contributed by atoms with Crippen molar-refractivity contribution >= 4 is 17.5 Å². The van der Waals surface area contributed by atoms with Gasteiger partial charge in [-0.15, -0.1) is 0 Å². The third-order valence-corrected chi connectivity index (χ3v) is 5.16. The van der Waals surface area contributed by atoms with Gasteiger partial charge in [0.15, 0.2) is 0 Å². The van der Waals surface area contributed by atoms with E-state index in [4.69, 9.17) is 0 Å². The fourth-order valence-corrected chi connectivity index (χ4v) is 4.57. The van der Waals surface area contributed by atoms with Crippen LogP contribution in [-0.2, 0) is 4.79 Å². The third kappa shape index (κ3) is 3.99. The monoisotopic (exact) mass is 255 g/mol. The number of rotatable bonds is 3. The molecule has 0 aromatic rings. The second-order valence-electron chi connectivity index (χ2n) is 5.75. The Morgan fingerprint density at radius 2 is 1.71 bits per heavy atom. The van der Waals surface area contributed by atoms with Crippen LogP contribution in [0.1, 0.15) is 46.0 Å². The van der Waals surface area contributed by atoms with Gasteiger partial charge in [-0.1, -0.05) is 33.1 Å². The Morgan fingerprint density at radius 3 is 2.29 bits per heavy atom. The molecule has 0 spiro atoms. The van der Waals surface area contributed by atoms with Crippen molar-refractivity contribution in [1.29, 1.82) is 0 Å². The van der Waals surface area contributed by atoms with Crippen LogP contribution in [0.3, 0.4) is 0 Å². The topological polar surface area (TPSA) is 20.3 Å². The minimum absolute atomic E-state index is 0.379. The molecule has 0 bridgehead atoms. The van der Waals surface area contributed by atoms with Crippen molar-refractivity contribution < 1.29 is 4.79 Å². The maximum atomic E-state index is 12.2. The quantitative estimate of drug-likeness (QED) is 0.773. The van der Waals surface area contributed by atoms with Crippen molar-refractivity contribution in [3.05, 3.63) is 0 Å². The summed E-state index contributed by atoms with van der Waals surface area (Å²) in [5.74, 6) is 0.889. The first-order valence-electron chi connectivity index (χ1n) is 7.05. The molecule has 2 fully saturated rings. The van der Waals surface area contributed by atoms with E-state index in [-0.39, 0.29) is 0 Å². The molecule has 2 atom stereocenters. The summed E-state index contributed by atoms with van der Waals surface area (Å²) in [5.41, 5.74) is 0. The first kappa shape index (κ1) is 13.4. The van der Waals surface area contributed by atoms with Crippen molar-refractivity contribution in [3.63, 3.8) is 0 Å². The Hall–Kier alpha value is -0.0200. The van der Waals surface area contributed by atoms with Crippen LogP contribution in [0, 0.1) is 5.92 Å². The van der Waals surface area contributed by atoms with Gasteiger partial charge in [0.1, 0.15) is 5.78 Å². The number of ketones is 1. The molecule has 2 aliphatic rings. The molecule has 0 amide bonds. The van der Waals surface area contributed by atoms with Crippen LogP contribution in [0.4, 0.5) is 0 Å². The molecule has 3 heteroatoms. The van der Waals surface area contributed by atoms with E-state index in [1.54, 1.807) is 0 Å². The van der Waals surface area contributed by atoms with Crippen molar-refractivity contribution in [1.82, 2.24) is 4.90 Å².